The maximum absolute atomic E-state index is 10.2. The molecule has 5 nitrogen and oxygen atoms in total. The van der Waals surface area contributed by atoms with E-state index in [1.165, 1.54) is 0 Å². The molecule has 0 saturated carbocycles. The quantitative estimate of drug-likeness (QED) is 0.449. The number of benzene rings is 2. The van der Waals surface area contributed by atoms with Gasteiger partial charge in [0.05, 0.1) is 28.4 Å². The second kappa shape index (κ2) is 15.6. The molecule has 168 valence electrons. The van der Waals surface area contributed by atoms with E-state index < -0.39 is 0 Å². The van der Waals surface area contributed by atoms with Crippen LogP contribution in [0.5, 0.6) is 23.0 Å². The molecule has 2 aromatic rings. The van der Waals surface area contributed by atoms with Crippen LogP contribution in [0.15, 0.2) is 48.5 Å². The molecule has 0 N–H and O–H groups in total. The Balaban J connectivity index is 0.000000420. The molecule has 0 spiro atoms. The highest BCUT2D eigenvalue weighted by Crippen LogP contribution is 2.25. The van der Waals surface area contributed by atoms with Gasteiger partial charge in [0.2, 0.25) is 0 Å². The van der Waals surface area contributed by atoms with E-state index in [1.807, 2.05) is 48.5 Å². The molecule has 0 aromatic heterocycles. The maximum atomic E-state index is 10.2. The molecule has 0 radical (unpaired) electrons. The van der Waals surface area contributed by atoms with Gasteiger partial charge in [-0.1, -0.05) is 39.8 Å². The molecule has 1 atom stereocenters. The minimum absolute atomic E-state index is 0.287. The molecule has 0 aliphatic heterocycles. The smallest absolute Gasteiger partial charge is 0.155 e. The second-order valence-corrected chi connectivity index (χ2v) is 8.57. The van der Waals surface area contributed by atoms with Crippen molar-refractivity contribution in [3.63, 3.8) is 0 Å². The predicted molar refractivity (Wildman–Crippen MR) is 125 cm³/mol. The van der Waals surface area contributed by atoms with Gasteiger partial charge in [-0.2, -0.15) is 0 Å². The monoisotopic (exact) mass is 436 g/mol. The van der Waals surface area contributed by atoms with Gasteiger partial charge in [0, 0.05) is 18.3 Å². The Morgan fingerprint density at radius 1 is 0.767 bits per heavy atom. The minimum atomic E-state index is 0.287. The Morgan fingerprint density at radius 3 is 1.33 bits per heavy atom. The van der Waals surface area contributed by atoms with Gasteiger partial charge in [0.25, 0.3) is 0 Å². The number of rotatable bonds is 7. The van der Waals surface area contributed by atoms with Crippen LogP contribution in [0.25, 0.3) is 0 Å². The lowest BCUT2D eigenvalue weighted by atomic mass is 9.86. The molecule has 0 saturated heterocycles. The summed E-state index contributed by atoms with van der Waals surface area (Å²) in [5, 5.41) is 0. The Bertz CT molecular complexity index is 627. The Kier molecular flexibility index (Phi) is 14.4. The van der Waals surface area contributed by atoms with E-state index in [4.69, 9.17) is 18.9 Å². The van der Waals surface area contributed by atoms with E-state index >= 15 is 0 Å². The fraction of sp³-hybridized carbons (Fsp3) is 0.500. The first-order valence-electron chi connectivity index (χ1n) is 9.84. The average Bonchev–Trinajstić information content (AvgIpc) is 2.73. The van der Waals surface area contributed by atoms with Crippen molar-refractivity contribution in [1.82, 2.24) is 0 Å². The lowest BCUT2D eigenvalue weighted by Crippen LogP contribution is -2.11. The highest BCUT2D eigenvalue weighted by Gasteiger charge is 2.14. The number of ether oxygens (including phenoxy) is 4. The van der Waals surface area contributed by atoms with E-state index in [-0.39, 0.29) is 8.46 Å². The SMILES string of the molecule is CC(CP=O)CC(C)(C)C.COc1cccc(OC)c1.COc1cccc(OC)c1. The van der Waals surface area contributed by atoms with Gasteiger partial charge >= 0.3 is 0 Å². The van der Waals surface area contributed by atoms with Gasteiger partial charge in [0.1, 0.15) is 23.0 Å². The molecular formula is C24H37O5P. The van der Waals surface area contributed by atoms with Gasteiger partial charge in [-0.05, 0) is 42.0 Å². The van der Waals surface area contributed by atoms with Crippen LogP contribution in [0.4, 0.5) is 0 Å². The van der Waals surface area contributed by atoms with E-state index in [0.717, 1.165) is 35.6 Å². The van der Waals surface area contributed by atoms with Gasteiger partial charge in [0.15, 0.2) is 8.46 Å². The maximum Gasteiger partial charge on any atom is 0.155 e. The zero-order valence-electron chi connectivity index (χ0n) is 19.6. The number of hydrogen-bond acceptors (Lipinski definition) is 5. The lowest BCUT2D eigenvalue weighted by Gasteiger charge is -2.21. The fourth-order valence-electron chi connectivity index (χ4n) is 2.69. The van der Waals surface area contributed by atoms with Gasteiger partial charge in [-0.3, -0.25) is 4.57 Å². The Hall–Kier alpha value is -2.26. The first-order valence-corrected chi connectivity index (χ1v) is 10.8. The van der Waals surface area contributed by atoms with Gasteiger partial charge in [-0.15, -0.1) is 0 Å². The van der Waals surface area contributed by atoms with Gasteiger partial charge in [-0.25, -0.2) is 0 Å². The third-order valence-electron chi connectivity index (χ3n) is 3.90. The van der Waals surface area contributed by atoms with Crippen molar-refractivity contribution in [1.29, 1.82) is 0 Å². The molecule has 30 heavy (non-hydrogen) atoms. The predicted octanol–water partition coefficient (Wildman–Crippen LogP) is 6.76. The fourth-order valence-corrected chi connectivity index (χ4v) is 3.08. The van der Waals surface area contributed by atoms with Crippen LogP contribution in [0.2, 0.25) is 0 Å². The first kappa shape index (κ1) is 27.7. The molecule has 0 aliphatic carbocycles. The summed E-state index contributed by atoms with van der Waals surface area (Å²) in [6.07, 6.45) is 1.96. The first-order chi connectivity index (χ1) is 14.2. The summed E-state index contributed by atoms with van der Waals surface area (Å²) in [4.78, 5) is 0. The normalized spacial score (nSPS) is 11.2. The third-order valence-corrected chi connectivity index (χ3v) is 4.67. The summed E-state index contributed by atoms with van der Waals surface area (Å²) >= 11 is 0. The van der Waals surface area contributed by atoms with Crippen LogP contribution in [-0.4, -0.2) is 34.6 Å². The third kappa shape index (κ3) is 13.8. The van der Waals surface area contributed by atoms with Crippen LogP contribution in [-0.2, 0) is 4.57 Å². The summed E-state index contributed by atoms with van der Waals surface area (Å²) in [6, 6.07) is 14.9. The minimum Gasteiger partial charge on any atom is -0.497 e. The summed E-state index contributed by atoms with van der Waals surface area (Å²) in [5.74, 6) is 3.86. The highest BCUT2D eigenvalue weighted by atomic mass is 31.1. The molecule has 0 aliphatic rings. The van der Waals surface area contributed by atoms with Crippen LogP contribution in [0.3, 0.4) is 0 Å². The van der Waals surface area contributed by atoms with Crippen LogP contribution >= 0.6 is 8.46 Å². The standard InChI is InChI=1S/2C8H10O2.C8H17OP/c2*1-9-7-4-3-5-8(6-7)10-2;1-7(6-10-9)5-8(2,3)4/h2*3-6H,1-2H3;7H,5-6H2,1-4H3. The Labute approximate surface area is 183 Å². The molecule has 0 fully saturated rings. The van der Waals surface area contributed by atoms with Crippen molar-refractivity contribution in [3.8, 4) is 23.0 Å². The van der Waals surface area contributed by atoms with Crippen LogP contribution in [0.1, 0.15) is 34.1 Å². The van der Waals surface area contributed by atoms with Crippen molar-refractivity contribution in [2.75, 3.05) is 34.6 Å². The van der Waals surface area contributed by atoms with E-state index in [0.29, 0.717) is 11.3 Å². The molecule has 0 bridgehead atoms. The van der Waals surface area contributed by atoms with Crippen molar-refractivity contribution < 1.29 is 23.5 Å². The van der Waals surface area contributed by atoms with E-state index in [9.17, 15) is 4.57 Å². The van der Waals surface area contributed by atoms with Crippen molar-refractivity contribution >= 4 is 8.46 Å². The van der Waals surface area contributed by atoms with Crippen LogP contribution in [0, 0.1) is 11.3 Å². The zero-order chi connectivity index (χ0) is 23.0. The molecule has 2 aromatic carbocycles. The summed E-state index contributed by atoms with van der Waals surface area (Å²) in [5.41, 5.74) is 0.379. The molecule has 0 heterocycles. The summed E-state index contributed by atoms with van der Waals surface area (Å²) < 4.78 is 30.1. The van der Waals surface area contributed by atoms with Crippen molar-refractivity contribution in [2.45, 2.75) is 34.1 Å². The van der Waals surface area contributed by atoms with E-state index in [1.54, 1.807) is 28.4 Å². The summed E-state index contributed by atoms with van der Waals surface area (Å²) in [7, 11) is 6.82. The molecular weight excluding hydrogens is 399 g/mol. The zero-order valence-corrected chi connectivity index (χ0v) is 20.5. The Morgan fingerprint density at radius 2 is 1.10 bits per heavy atom. The van der Waals surface area contributed by atoms with E-state index in [2.05, 4.69) is 27.7 Å². The van der Waals surface area contributed by atoms with Gasteiger partial charge < -0.3 is 18.9 Å². The highest BCUT2D eigenvalue weighted by molar-refractivity contribution is 7.23. The topological polar surface area (TPSA) is 54.0 Å². The molecule has 1 unspecified atom stereocenters. The van der Waals surface area contributed by atoms with Crippen LogP contribution < -0.4 is 18.9 Å². The average molecular weight is 437 g/mol. The molecule has 0 amide bonds. The lowest BCUT2D eigenvalue weighted by molar-refractivity contribution is 0.322. The largest absolute Gasteiger partial charge is 0.497 e. The van der Waals surface area contributed by atoms with Crippen molar-refractivity contribution in [3.05, 3.63) is 48.5 Å². The van der Waals surface area contributed by atoms with Crippen molar-refractivity contribution in [2.24, 2.45) is 11.3 Å². The number of hydrogen-bond donors (Lipinski definition) is 0. The second-order valence-electron chi connectivity index (χ2n) is 7.95. The molecule has 2 rings (SSSR count). The number of methoxy groups -OCH3 is 4. The summed E-state index contributed by atoms with van der Waals surface area (Å²) in [6.45, 7) is 8.79. The molecule has 6 heteroatoms.